The van der Waals surface area contributed by atoms with Crippen LogP contribution >= 0.6 is 11.6 Å². The summed E-state index contributed by atoms with van der Waals surface area (Å²) >= 11 is 6.32. The molecule has 3 N–H and O–H groups in total. The van der Waals surface area contributed by atoms with Gasteiger partial charge in [0.25, 0.3) is 5.91 Å². The first-order chi connectivity index (χ1) is 20.4. The number of hydrogen-bond donors (Lipinski definition) is 3. The van der Waals surface area contributed by atoms with Gasteiger partial charge in [-0.3, -0.25) is 4.79 Å². The van der Waals surface area contributed by atoms with Gasteiger partial charge in [-0.1, -0.05) is 29.8 Å². The van der Waals surface area contributed by atoms with Gasteiger partial charge in [0, 0.05) is 17.3 Å². The average molecular weight is 639 g/mol. The lowest BCUT2D eigenvalue weighted by Gasteiger charge is -2.39. The number of nitrogens with one attached hydrogen (secondary N) is 2. The zero-order valence-corrected chi connectivity index (χ0v) is 24.0. The SMILES string of the molecule is COc1ccc(Cl)c(OC2C=CC(C(=O)Nc3ccccc3)=CC2(NS(=O)(=O)c2ccc(C(F)(F)F)cc2)OCCO)c1. The second-order valence-corrected chi connectivity index (χ2v) is 11.2. The highest BCUT2D eigenvalue weighted by Crippen LogP contribution is 2.36. The number of ether oxygens (including phenoxy) is 3. The predicted octanol–water partition coefficient (Wildman–Crippen LogP) is 4.93. The summed E-state index contributed by atoms with van der Waals surface area (Å²) in [7, 11) is -3.22. The minimum absolute atomic E-state index is 0.0477. The third-order valence-electron chi connectivity index (χ3n) is 6.15. The Morgan fingerprint density at radius 2 is 1.77 bits per heavy atom. The van der Waals surface area contributed by atoms with Crippen LogP contribution in [0.2, 0.25) is 5.02 Å². The number of benzene rings is 3. The molecule has 0 saturated carbocycles. The van der Waals surface area contributed by atoms with E-state index in [0.29, 0.717) is 23.6 Å². The lowest BCUT2D eigenvalue weighted by molar-refractivity contribution is -0.137. The summed E-state index contributed by atoms with van der Waals surface area (Å²) in [6, 6.07) is 15.8. The normalized spacial score (nSPS) is 18.6. The lowest BCUT2D eigenvalue weighted by atomic mass is 9.96. The number of anilines is 1. The Bertz CT molecular complexity index is 1620. The molecule has 0 bridgehead atoms. The molecule has 43 heavy (non-hydrogen) atoms. The molecule has 0 fully saturated rings. The van der Waals surface area contributed by atoms with Gasteiger partial charge in [0.2, 0.25) is 10.0 Å². The predicted molar refractivity (Wildman–Crippen MR) is 152 cm³/mol. The van der Waals surface area contributed by atoms with Crippen molar-refractivity contribution in [3.05, 3.63) is 107 Å². The number of aliphatic hydroxyl groups is 1. The van der Waals surface area contributed by atoms with Gasteiger partial charge < -0.3 is 24.6 Å². The molecule has 0 heterocycles. The van der Waals surface area contributed by atoms with Gasteiger partial charge in [0.1, 0.15) is 11.5 Å². The third kappa shape index (κ3) is 7.75. The fraction of sp³-hybridized carbons (Fsp3) is 0.207. The van der Waals surface area contributed by atoms with E-state index in [1.54, 1.807) is 36.4 Å². The molecule has 3 aromatic rings. The van der Waals surface area contributed by atoms with Gasteiger partial charge in [-0.05, 0) is 66.8 Å². The molecule has 3 aromatic carbocycles. The Hall–Kier alpha value is -3.88. The van der Waals surface area contributed by atoms with Crippen molar-refractivity contribution in [1.29, 1.82) is 0 Å². The van der Waals surface area contributed by atoms with Gasteiger partial charge >= 0.3 is 6.18 Å². The van der Waals surface area contributed by atoms with Crippen LogP contribution in [-0.2, 0) is 25.7 Å². The highest BCUT2D eigenvalue weighted by atomic mass is 35.5. The molecule has 228 valence electrons. The van der Waals surface area contributed by atoms with Crippen LogP contribution in [0.3, 0.4) is 0 Å². The highest BCUT2D eigenvalue weighted by Gasteiger charge is 2.46. The van der Waals surface area contributed by atoms with E-state index in [9.17, 15) is 31.5 Å². The van der Waals surface area contributed by atoms with E-state index >= 15 is 0 Å². The van der Waals surface area contributed by atoms with Crippen LogP contribution in [-0.4, -0.2) is 51.6 Å². The van der Waals surface area contributed by atoms with Crippen molar-refractivity contribution in [1.82, 2.24) is 4.72 Å². The zero-order chi connectivity index (χ0) is 31.3. The third-order valence-corrected chi connectivity index (χ3v) is 7.94. The Morgan fingerprint density at radius 1 is 1.07 bits per heavy atom. The maximum atomic E-state index is 13.6. The molecule has 4 rings (SSSR count). The summed E-state index contributed by atoms with van der Waals surface area (Å²) < 4.78 is 85.9. The number of carbonyl (C=O) groups is 1. The Labute approximate surface area is 250 Å². The number of carbonyl (C=O) groups excluding carboxylic acids is 1. The smallest absolute Gasteiger partial charge is 0.416 e. The van der Waals surface area contributed by atoms with E-state index in [0.717, 1.165) is 18.2 Å². The average Bonchev–Trinajstić information content (AvgIpc) is 2.98. The number of hydrogen-bond acceptors (Lipinski definition) is 7. The molecule has 2 atom stereocenters. The van der Waals surface area contributed by atoms with Crippen molar-refractivity contribution in [2.45, 2.75) is 22.9 Å². The van der Waals surface area contributed by atoms with E-state index in [4.69, 9.17) is 25.8 Å². The zero-order valence-electron chi connectivity index (χ0n) is 22.5. The van der Waals surface area contributed by atoms with Crippen LogP contribution < -0.4 is 19.5 Å². The maximum Gasteiger partial charge on any atom is 0.416 e. The summed E-state index contributed by atoms with van der Waals surface area (Å²) in [5, 5.41) is 12.4. The number of rotatable bonds is 11. The number of para-hydroxylation sites is 1. The van der Waals surface area contributed by atoms with Gasteiger partial charge in [0.15, 0.2) is 11.8 Å². The molecule has 1 amide bonds. The van der Waals surface area contributed by atoms with E-state index in [2.05, 4.69) is 10.0 Å². The van der Waals surface area contributed by atoms with Crippen molar-refractivity contribution in [2.24, 2.45) is 0 Å². The fourth-order valence-electron chi connectivity index (χ4n) is 4.07. The Morgan fingerprint density at radius 3 is 2.40 bits per heavy atom. The molecular weight excluding hydrogens is 613 g/mol. The van der Waals surface area contributed by atoms with Crippen molar-refractivity contribution in [2.75, 3.05) is 25.6 Å². The molecule has 0 aliphatic heterocycles. The molecule has 1 aliphatic rings. The molecule has 1 aliphatic carbocycles. The summed E-state index contributed by atoms with van der Waals surface area (Å²) in [5.74, 6) is -0.206. The van der Waals surface area contributed by atoms with Crippen molar-refractivity contribution in [3.63, 3.8) is 0 Å². The van der Waals surface area contributed by atoms with Crippen LogP contribution in [0.1, 0.15) is 5.56 Å². The molecule has 0 spiro atoms. The summed E-state index contributed by atoms with van der Waals surface area (Å²) in [6.07, 6.45) is -2.15. The summed E-state index contributed by atoms with van der Waals surface area (Å²) in [4.78, 5) is 12.7. The van der Waals surface area contributed by atoms with Crippen LogP contribution in [0.15, 0.2) is 101 Å². The van der Waals surface area contributed by atoms with Crippen LogP contribution in [0.4, 0.5) is 18.9 Å². The lowest BCUT2D eigenvalue weighted by Crippen LogP contribution is -2.60. The number of amides is 1. The molecule has 2 unspecified atom stereocenters. The number of methoxy groups -OCH3 is 1. The van der Waals surface area contributed by atoms with E-state index in [1.807, 2.05) is 0 Å². The van der Waals surface area contributed by atoms with E-state index in [-0.39, 0.29) is 16.3 Å². The van der Waals surface area contributed by atoms with Gasteiger partial charge in [-0.25, -0.2) is 8.42 Å². The standard InChI is InChI=1S/C29H26ClF3N2O7S/c1-40-22-10-13-24(30)25(17-22)42-26-14-7-19(27(37)34-21-5-3-2-4-6-21)18-28(26,41-16-15-36)35-43(38,39)23-11-8-20(9-12-23)29(31,32)33/h2-14,17-18,26,35-36H,15-16H2,1H3,(H,34,37). The topological polar surface area (TPSA) is 123 Å². The Kier molecular flexibility index (Phi) is 9.82. The van der Waals surface area contributed by atoms with E-state index in [1.165, 1.54) is 31.4 Å². The molecular formula is C29H26ClF3N2O7S. The van der Waals surface area contributed by atoms with Crippen molar-refractivity contribution in [3.8, 4) is 11.5 Å². The molecule has 0 saturated heterocycles. The number of halogens is 4. The first kappa shape index (κ1) is 32.0. The van der Waals surface area contributed by atoms with Crippen molar-refractivity contribution < 1.29 is 45.7 Å². The Balaban J connectivity index is 1.78. The van der Waals surface area contributed by atoms with Gasteiger partial charge in [0.05, 0.1) is 35.8 Å². The van der Waals surface area contributed by atoms with Crippen LogP contribution in [0, 0.1) is 0 Å². The molecule has 0 aromatic heterocycles. The second-order valence-electron chi connectivity index (χ2n) is 9.11. The monoisotopic (exact) mass is 638 g/mol. The quantitative estimate of drug-likeness (QED) is 0.255. The van der Waals surface area contributed by atoms with Crippen molar-refractivity contribution >= 4 is 33.2 Å². The molecule has 9 nitrogen and oxygen atoms in total. The van der Waals surface area contributed by atoms with Gasteiger partial charge in [-0.15, -0.1) is 0 Å². The maximum absolute atomic E-state index is 13.6. The largest absolute Gasteiger partial charge is 0.497 e. The second kappa shape index (κ2) is 13.2. The highest BCUT2D eigenvalue weighted by molar-refractivity contribution is 7.89. The first-order valence-corrected chi connectivity index (χ1v) is 14.5. The first-order valence-electron chi connectivity index (χ1n) is 12.6. The summed E-state index contributed by atoms with van der Waals surface area (Å²) in [5.41, 5.74) is -2.84. The number of sulfonamides is 1. The molecule has 0 radical (unpaired) electrons. The minimum atomic E-state index is -4.69. The minimum Gasteiger partial charge on any atom is -0.497 e. The fourth-order valence-corrected chi connectivity index (χ4v) is 5.50. The van der Waals surface area contributed by atoms with Gasteiger partial charge in [-0.2, -0.15) is 17.9 Å². The van der Waals surface area contributed by atoms with E-state index < -0.39 is 57.6 Å². The number of aliphatic hydroxyl groups excluding tert-OH is 1. The summed E-state index contributed by atoms with van der Waals surface area (Å²) in [6.45, 7) is -0.987. The number of alkyl halides is 3. The van der Waals surface area contributed by atoms with Crippen LogP contribution in [0.25, 0.3) is 0 Å². The molecule has 14 heteroatoms. The van der Waals surface area contributed by atoms with Crippen LogP contribution in [0.5, 0.6) is 11.5 Å².